The molecule has 1 aliphatic rings. The Labute approximate surface area is 124 Å². The van der Waals surface area contributed by atoms with E-state index in [2.05, 4.69) is 5.10 Å². The van der Waals surface area contributed by atoms with Gasteiger partial charge in [0.05, 0.1) is 17.8 Å². The van der Waals surface area contributed by atoms with Gasteiger partial charge in [-0.3, -0.25) is 4.68 Å². The molecule has 4 heteroatoms. The molecule has 3 nitrogen and oxygen atoms in total. The Morgan fingerprint density at radius 1 is 1.14 bits per heavy atom. The van der Waals surface area contributed by atoms with E-state index in [1.165, 1.54) is 44.2 Å². The van der Waals surface area contributed by atoms with E-state index in [1.807, 2.05) is 16.9 Å². The van der Waals surface area contributed by atoms with Crippen LogP contribution in [0.15, 0.2) is 36.5 Å². The minimum Gasteiger partial charge on any atom is -0.388 e. The molecule has 0 aliphatic heterocycles. The predicted octanol–water partition coefficient (Wildman–Crippen LogP) is 3.80. The van der Waals surface area contributed by atoms with Crippen LogP contribution in [0.3, 0.4) is 0 Å². The van der Waals surface area contributed by atoms with Crippen molar-refractivity contribution < 1.29 is 9.50 Å². The maximum atomic E-state index is 12.9. The maximum Gasteiger partial charge on any atom is 0.123 e. The summed E-state index contributed by atoms with van der Waals surface area (Å²) in [6.07, 6.45) is 8.11. The van der Waals surface area contributed by atoms with Gasteiger partial charge in [-0.15, -0.1) is 0 Å². The molecule has 1 aromatic heterocycles. The number of nitrogens with zero attached hydrogens (tertiary/aromatic N) is 2. The molecule has 112 valence electrons. The SMILES string of the molecule is OC(Cc1ccn(C2CCCCC2)n1)c1ccc(F)cc1. The third kappa shape index (κ3) is 3.50. The molecule has 21 heavy (non-hydrogen) atoms. The van der Waals surface area contributed by atoms with E-state index >= 15 is 0 Å². The molecule has 1 N–H and O–H groups in total. The summed E-state index contributed by atoms with van der Waals surface area (Å²) >= 11 is 0. The van der Waals surface area contributed by atoms with Crippen LogP contribution in [0.4, 0.5) is 4.39 Å². The first-order valence-corrected chi connectivity index (χ1v) is 7.70. The summed E-state index contributed by atoms with van der Waals surface area (Å²) in [4.78, 5) is 0. The van der Waals surface area contributed by atoms with Crippen LogP contribution in [-0.4, -0.2) is 14.9 Å². The second kappa shape index (κ2) is 6.39. The highest BCUT2D eigenvalue weighted by Crippen LogP contribution is 2.28. The highest BCUT2D eigenvalue weighted by molar-refractivity contribution is 5.20. The van der Waals surface area contributed by atoms with E-state index in [4.69, 9.17) is 0 Å². The van der Waals surface area contributed by atoms with E-state index in [-0.39, 0.29) is 5.82 Å². The molecule has 1 atom stereocenters. The number of aromatic nitrogens is 2. The van der Waals surface area contributed by atoms with Crippen molar-refractivity contribution in [2.45, 2.75) is 50.7 Å². The van der Waals surface area contributed by atoms with Gasteiger partial charge in [-0.2, -0.15) is 5.10 Å². The van der Waals surface area contributed by atoms with Crippen LogP contribution in [0.1, 0.15) is 55.5 Å². The molecular formula is C17H21FN2O. The molecule has 1 aliphatic carbocycles. The topological polar surface area (TPSA) is 38.0 Å². The van der Waals surface area contributed by atoms with Gasteiger partial charge in [0, 0.05) is 12.6 Å². The first kappa shape index (κ1) is 14.3. The lowest BCUT2D eigenvalue weighted by Gasteiger charge is -2.21. The van der Waals surface area contributed by atoms with Gasteiger partial charge in [-0.25, -0.2) is 4.39 Å². The molecule has 0 radical (unpaired) electrons. The molecule has 1 aromatic carbocycles. The zero-order valence-electron chi connectivity index (χ0n) is 12.1. The second-order valence-electron chi connectivity index (χ2n) is 5.85. The van der Waals surface area contributed by atoms with E-state index in [0.29, 0.717) is 12.5 Å². The van der Waals surface area contributed by atoms with Crippen LogP contribution in [0.25, 0.3) is 0 Å². The lowest BCUT2D eigenvalue weighted by atomic mass is 9.96. The van der Waals surface area contributed by atoms with E-state index in [9.17, 15) is 9.50 Å². The van der Waals surface area contributed by atoms with Crippen molar-refractivity contribution >= 4 is 0 Å². The Balaban J connectivity index is 1.64. The highest BCUT2D eigenvalue weighted by atomic mass is 19.1. The minimum atomic E-state index is -0.639. The van der Waals surface area contributed by atoms with Gasteiger partial charge < -0.3 is 5.11 Å². The van der Waals surface area contributed by atoms with Crippen molar-refractivity contribution in [3.63, 3.8) is 0 Å². The van der Waals surface area contributed by atoms with E-state index in [1.54, 1.807) is 12.1 Å². The van der Waals surface area contributed by atoms with Gasteiger partial charge in [-0.1, -0.05) is 31.4 Å². The molecule has 3 rings (SSSR count). The second-order valence-corrected chi connectivity index (χ2v) is 5.85. The van der Waals surface area contributed by atoms with Crippen LogP contribution < -0.4 is 0 Å². The number of rotatable bonds is 4. The highest BCUT2D eigenvalue weighted by Gasteiger charge is 2.17. The predicted molar refractivity (Wildman–Crippen MR) is 79.4 cm³/mol. The summed E-state index contributed by atoms with van der Waals surface area (Å²) in [6, 6.07) is 8.48. The van der Waals surface area contributed by atoms with Crippen LogP contribution >= 0.6 is 0 Å². The van der Waals surface area contributed by atoms with Crippen molar-refractivity contribution in [2.24, 2.45) is 0 Å². The molecule has 0 saturated heterocycles. The molecule has 1 saturated carbocycles. The summed E-state index contributed by atoms with van der Waals surface area (Å²) in [7, 11) is 0. The van der Waals surface area contributed by atoms with Crippen LogP contribution in [0.5, 0.6) is 0 Å². The number of benzene rings is 1. The van der Waals surface area contributed by atoms with Gasteiger partial charge in [0.15, 0.2) is 0 Å². The largest absolute Gasteiger partial charge is 0.388 e. The van der Waals surface area contributed by atoms with Crippen LogP contribution in [0, 0.1) is 5.82 Å². The summed E-state index contributed by atoms with van der Waals surface area (Å²) < 4.78 is 14.9. The standard InChI is InChI=1S/C17H21FN2O/c18-14-8-6-13(7-9-14)17(21)12-15-10-11-20(19-15)16-4-2-1-3-5-16/h6-11,16-17,21H,1-5,12H2. The number of aliphatic hydroxyl groups excluding tert-OH is 1. The van der Waals surface area contributed by atoms with Gasteiger partial charge in [0.25, 0.3) is 0 Å². The Morgan fingerprint density at radius 3 is 2.57 bits per heavy atom. The third-order valence-electron chi connectivity index (χ3n) is 4.27. The molecule has 1 fully saturated rings. The van der Waals surface area contributed by atoms with Gasteiger partial charge in [0.1, 0.15) is 5.82 Å². The molecule has 0 spiro atoms. The fourth-order valence-corrected chi connectivity index (χ4v) is 3.04. The van der Waals surface area contributed by atoms with Crippen molar-refractivity contribution in [1.82, 2.24) is 9.78 Å². The zero-order chi connectivity index (χ0) is 14.7. The maximum absolute atomic E-state index is 12.9. The van der Waals surface area contributed by atoms with Gasteiger partial charge in [-0.05, 0) is 36.6 Å². The molecule has 0 amide bonds. The lowest BCUT2D eigenvalue weighted by molar-refractivity contribution is 0.176. The molecule has 1 unspecified atom stereocenters. The minimum absolute atomic E-state index is 0.285. The average molecular weight is 288 g/mol. The Bertz CT molecular complexity index is 573. The number of hydrogen-bond donors (Lipinski definition) is 1. The van der Waals surface area contributed by atoms with Crippen molar-refractivity contribution in [3.8, 4) is 0 Å². The van der Waals surface area contributed by atoms with Crippen LogP contribution in [0.2, 0.25) is 0 Å². The lowest BCUT2D eigenvalue weighted by Crippen LogP contribution is -2.13. The van der Waals surface area contributed by atoms with Crippen molar-refractivity contribution in [1.29, 1.82) is 0 Å². The monoisotopic (exact) mass is 288 g/mol. The first-order chi connectivity index (χ1) is 10.2. The van der Waals surface area contributed by atoms with E-state index in [0.717, 1.165) is 11.3 Å². The number of aliphatic hydroxyl groups is 1. The van der Waals surface area contributed by atoms with Crippen LogP contribution in [-0.2, 0) is 6.42 Å². The summed E-state index contributed by atoms with van der Waals surface area (Å²) in [5.41, 5.74) is 1.61. The normalized spacial score (nSPS) is 17.8. The smallest absolute Gasteiger partial charge is 0.123 e. The summed E-state index contributed by atoms with van der Waals surface area (Å²) in [5, 5.41) is 14.8. The summed E-state index contributed by atoms with van der Waals surface area (Å²) in [5.74, 6) is -0.285. The van der Waals surface area contributed by atoms with Gasteiger partial charge >= 0.3 is 0 Å². The summed E-state index contributed by atoms with van der Waals surface area (Å²) in [6.45, 7) is 0. The van der Waals surface area contributed by atoms with Crippen molar-refractivity contribution in [2.75, 3.05) is 0 Å². The number of hydrogen-bond acceptors (Lipinski definition) is 2. The van der Waals surface area contributed by atoms with E-state index < -0.39 is 6.10 Å². The zero-order valence-corrected chi connectivity index (χ0v) is 12.1. The first-order valence-electron chi connectivity index (χ1n) is 7.70. The Morgan fingerprint density at radius 2 is 1.86 bits per heavy atom. The number of halogens is 1. The molecule has 0 bridgehead atoms. The fourth-order valence-electron chi connectivity index (χ4n) is 3.04. The molecule has 1 heterocycles. The molecular weight excluding hydrogens is 267 g/mol. The third-order valence-corrected chi connectivity index (χ3v) is 4.27. The van der Waals surface area contributed by atoms with Crippen molar-refractivity contribution in [3.05, 3.63) is 53.6 Å². The quantitative estimate of drug-likeness (QED) is 0.929. The van der Waals surface area contributed by atoms with Gasteiger partial charge in [0.2, 0.25) is 0 Å². The average Bonchev–Trinajstić information content (AvgIpc) is 2.97. The molecule has 2 aromatic rings. The fraction of sp³-hybridized carbons (Fsp3) is 0.471. The Kier molecular flexibility index (Phi) is 4.34. The Hall–Kier alpha value is -1.68.